The van der Waals surface area contributed by atoms with Crippen molar-refractivity contribution in [3.63, 3.8) is 0 Å². The zero-order valence-electron chi connectivity index (χ0n) is 20.0. The Bertz CT molecular complexity index is 1040. The molecule has 2 aliphatic heterocycles. The Morgan fingerprint density at radius 2 is 1.68 bits per heavy atom. The number of piperidine rings is 1. The van der Waals surface area contributed by atoms with Crippen LogP contribution in [-0.4, -0.2) is 69.1 Å². The minimum absolute atomic E-state index is 0.0625. The molecule has 2 aliphatic rings. The van der Waals surface area contributed by atoms with E-state index in [9.17, 15) is 9.59 Å². The fraction of sp³-hybridized carbons (Fsp3) is 0.462. The number of likely N-dealkylation sites (tertiary alicyclic amines) is 2. The van der Waals surface area contributed by atoms with Gasteiger partial charge in [-0.2, -0.15) is 11.3 Å². The van der Waals surface area contributed by atoms with Crippen LogP contribution in [0.5, 0.6) is 17.2 Å². The second-order valence-electron chi connectivity index (χ2n) is 8.95. The third-order valence-corrected chi connectivity index (χ3v) is 7.72. The zero-order chi connectivity index (χ0) is 24.1. The van der Waals surface area contributed by atoms with Crippen molar-refractivity contribution in [2.24, 2.45) is 5.41 Å². The van der Waals surface area contributed by atoms with Crippen molar-refractivity contribution in [2.45, 2.75) is 25.7 Å². The standard InChI is InChI=1S/C26H32N2O5S/c1-31-21-6-5-20(24(32-2)25(21)33-3)16-23(30)28-14-11-26(18-28)9-12-27(13-10-26)22(29)7-4-19-8-15-34-17-19/h4-8,15,17H,9-14,16,18H2,1-3H3/b7-4+. The maximum Gasteiger partial charge on any atom is 0.246 e. The molecule has 3 heterocycles. The second kappa shape index (κ2) is 10.5. The summed E-state index contributed by atoms with van der Waals surface area (Å²) in [6, 6.07) is 5.66. The van der Waals surface area contributed by atoms with Gasteiger partial charge in [0.05, 0.1) is 27.8 Å². The van der Waals surface area contributed by atoms with Crippen LogP contribution in [0.15, 0.2) is 35.0 Å². The molecule has 1 spiro atoms. The fourth-order valence-corrected chi connectivity index (χ4v) is 5.61. The van der Waals surface area contributed by atoms with Gasteiger partial charge in [0.15, 0.2) is 11.5 Å². The van der Waals surface area contributed by atoms with E-state index in [0.29, 0.717) is 17.2 Å². The first-order chi connectivity index (χ1) is 16.5. The molecule has 2 fully saturated rings. The van der Waals surface area contributed by atoms with Crippen molar-refractivity contribution >= 4 is 29.2 Å². The number of thiophene rings is 1. The van der Waals surface area contributed by atoms with Gasteiger partial charge in [-0.15, -0.1) is 0 Å². The zero-order valence-corrected chi connectivity index (χ0v) is 20.9. The smallest absolute Gasteiger partial charge is 0.246 e. The lowest BCUT2D eigenvalue weighted by Crippen LogP contribution is -2.44. The minimum atomic E-state index is 0.0625. The van der Waals surface area contributed by atoms with Gasteiger partial charge < -0.3 is 24.0 Å². The van der Waals surface area contributed by atoms with Gasteiger partial charge in [0.1, 0.15) is 0 Å². The van der Waals surface area contributed by atoms with Gasteiger partial charge in [-0.05, 0) is 59.2 Å². The van der Waals surface area contributed by atoms with E-state index < -0.39 is 0 Å². The highest BCUT2D eigenvalue weighted by Crippen LogP contribution is 2.42. The van der Waals surface area contributed by atoms with Crippen molar-refractivity contribution in [2.75, 3.05) is 47.5 Å². The van der Waals surface area contributed by atoms with Crippen LogP contribution in [0.1, 0.15) is 30.4 Å². The van der Waals surface area contributed by atoms with Crippen LogP contribution in [-0.2, 0) is 16.0 Å². The summed E-state index contributed by atoms with van der Waals surface area (Å²) in [5.74, 6) is 1.75. The summed E-state index contributed by atoms with van der Waals surface area (Å²) in [7, 11) is 4.71. The molecule has 1 aromatic heterocycles. The average Bonchev–Trinajstić information content (AvgIpc) is 3.53. The summed E-state index contributed by atoms with van der Waals surface area (Å²) < 4.78 is 16.3. The van der Waals surface area contributed by atoms with Crippen LogP contribution in [0.2, 0.25) is 0 Å². The van der Waals surface area contributed by atoms with Crippen LogP contribution in [0.25, 0.3) is 6.08 Å². The summed E-state index contributed by atoms with van der Waals surface area (Å²) in [5.41, 5.74) is 1.94. The Kier molecular flexibility index (Phi) is 7.46. The first-order valence-corrected chi connectivity index (χ1v) is 12.5. The Balaban J connectivity index is 1.34. The number of hydrogen-bond donors (Lipinski definition) is 0. The topological polar surface area (TPSA) is 68.3 Å². The lowest BCUT2D eigenvalue weighted by molar-refractivity contribution is -0.131. The highest BCUT2D eigenvalue weighted by molar-refractivity contribution is 7.08. The molecule has 34 heavy (non-hydrogen) atoms. The number of rotatable bonds is 7. The monoisotopic (exact) mass is 484 g/mol. The van der Waals surface area contributed by atoms with E-state index in [1.165, 1.54) is 0 Å². The molecule has 8 heteroatoms. The van der Waals surface area contributed by atoms with Crippen molar-refractivity contribution in [3.05, 3.63) is 46.2 Å². The largest absolute Gasteiger partial charge is 0.493 e. The quantitative estimate of drug-likeness (QED) is 0.558. The molecule has 0 radical (unpaired) electrons. The van der Waals surface area contributed by atoms with Crippen molar-refractivity contribution in [1.29, 1.82) is 0 Å². The molecule has 1 aromatic carbocycles. The van der Waals surface area contributed by atoms with Gasteiger partial charge in [0.2, 0.25) is 17.6 Å². The number of ether oxygens (including phenoxy) is 3. The summed E-state index contributed by atoms with van der Waals surface area (Å²) in [4.78, 5) is 29.6. The maximum absolute atomic E-state index is 13.2. The van der Waals surface area contributed by atoms with Gasteiger partial charge in [0, 0.05) is 37.8 Å². The molecule has 2 amide bonds. The van der Waals surface area contributed by atoms with Crippen molar-refractivity contribution in [3.8, 4) is 17.2 Å². The third kappa shape index (κ3) is 5.06. The molecule has 0 saturated carbocycles. The summed E-state index contributed by atoms with van der Waals surface area (Å²) in [5, 5.41) is 4.03. The van der Waals surface area contributed by atoms with Crippen LogP contribution in [0, 0.1) is 5.41 Å². The Morgan fingerprint density at radius 3 is 2.29 bits per heavy atom. The number of hydrogen-bond acceptors (Lipinski definition) is 6. The SMILES string of the molecule is COc1ccc(CC(=O)N2CCC3(CCN(C(=O)/C=C/c4ccsc4)CC3)C2)c(OC)c1OC. The molecule has 0 aliphatic carbocycles. The van der Waals surface area contributed by atoms with E-state index in [1.54, 1.807) is 44.8 Å². The van der Waals surface area contributed by atoms with E-state index in [0.717, 1.165) is 56.6 Å². The fourth-order valence-electron chi connectivity index (χ4n) is 4.98. The van der Waals surface area contributed by atoms with Crippen LogP contribution in [0.3, 0.4) is 0 Å². The van der Waals surface area contributed by atoms with Gasteiger partial charge in [-0.25, -0.2) is 0 Å². The van der Waals surface area contributed by atoms with Crippen LogP contribution >= 0.6 is 11.3 Å². The highest BCUT2D eigenvalue weighted by Gasteiger charge is 2.42. The van der Waals surface area contributed by atoms with Gasteiger partial charge in [0.25, 0.3) is 0 Å². The molecule has 0 N–H and O–H groups in total. The number of benzene rings is 1. The molecular formula is C26H32N2O5S. The first-order valence-electron chi connectivity index (χ1n) is 11.5. The molecule has 182 valence electrons. The Hall–Kier alpha value is -3.00. The summed E-state index contributed by atoms with van der Waals surface area (Å²) in [6.45, 7) is 2.96. The number of carbonyl (C=O) groups is 2. The van der Waals surface area contributed by atoms with E-state index in [-0.39, 0.29) is 23.7 Å². The third-order valence-electron chi connectivity index (χ3n) is 7.02. The molecule has 2 saturated heterocycles. The molecule has 0 bridgehead atoms. The van der Waals surface area contributed by atoms with Crippen molar-refractivity contribution in [1.82, 2.24) is 9.80 Å². The van der Waals surface area contributed by atoms with E-state index in [2.05, 4.69) is 0 Å². The Morgan fingerprint density at radius 1 is 0.971 bits per heavy atom. The predicted molar refractivity (Wildman–Crippen MR) is 133 cm³/mol. The lowest BCUT2D eigenvalue weighted by atomic mass is 9.78. The van der Waals surface area contributed by atoms with Gasteiger partial charge in [-0.3, -0.25) is 9.59 Å². The van der Waals surface area contributed by atoms with Crippen molar-refractivity contribution < 1.29 is 23.8 Å². The normalized spacial score (nSPS) is 17.4. The Labute approximate surface area is 204 Å². The molecule has 4 rings (SSSR count). The molecular weight excluding hydrogens is 452 g/mol. The van der Waals surface area contributed by atoms with E-state index in [1.807, 2.05) is 38.8 Å². The predicted octanol–water partition coefficient (Wildman–Crippen LogP) is 3.87. The van der Waals surface area contributed by atoms with Gasteiger partial charge >= 0.3 is 0 Å². The number of carbonyl (C=O) groups excluding carboxylic acids is 2. The lowest BCUT2D eigenvalue weighted by Gasteiger charge is -2.39. The number of nitrogens with zero attached hydrogens (tertiary/aromatic N) is 2. The van der Waals surface area contributed by atoms with Gasteiger partial charge in [-0.1, -0.05) is 6.07 Å². The second-order valence-corrected chi connectivity index (χ2v) is 9.73. The molecule has 2 aromatic rings. The van der Waals surface area contributed by atoms with E-state index >= 15 is 0 Å². The highest BCUT2D eigenvalue weighted by atomic mass is 32.1. The molecule has 0 atom stereocenters. The minimum Gasteiger partial charge on any atom is -0.493 e. The van der Waals surface area contributed by atoms with Crippen LogP contribution in [0.4, 0.5) is 0 Å². The maximum atomic E-state index is 13.2. The number of amides is 2. The average molecular weight is 485 g/mol. The molecule has 0 unspecified atom stereocenters. The summed E-state index contributed by atoms with van der Waals surface area (Å²) >= 11 is 1.62. The van der Waals surface area contributed by atoms with E-state index in [4.69, 9.17) is 14.2 Å². The summed E-state index contributed by atoms with van der Waals surface area (Å²) in [6.07, 6.45) is 6.62. The number of methoxy groups -OCH3 is 3. The first kappa shape index (κ1) is 24.1. The van der Waals surface area contributed by atoms with Crippen LogP contribution < -0.4 is 14.2 Å². The molecule has 7 nitrogen and oxygen atoms in total.